The van der Waals surface area contributed by atoms with Crippen molar-refractivity contribution in [3.63, 3.8) is 0 Å². The second-order valence-electron chi connectivity index (χ2n) is 4.76. The number of nitrogens with zero attached hydrogens (tertiary/aromatic N) is 1. The third kappa shape index (κ3) is 3.07. The van der Waals surface area contributed by atoms with Gasteiger partial charge in [-0.2, -0.15) is 0 Å². The van der Waals surface area contributed by atoms with Crippen molar-refractivity contribution in [2.45, 2.75) is 31.7 Å². The minimum absolute atomic E-state index is 0.0825. The van der Waals surface area contributed by atoms with Gasteiger partial charge in [0.25, 0.3) is 0 Å². The molecule has 1 fully saturated rings. The first-order valence-corrected chi connectivity index (χ1v) is 7.58. The molecule has 0 radical (unpaired) electrons. The number of aliphatic carboxylic acids is 1. The highest BCUT2D eigenvalue weighted by Gasteiger charge is 2.40. The molecular weight excluding hydrogens is 276 g/mol. The zero-order chi connectivity index (χ0) is 14.7. The first-order chi connectivity index (χ1) is 9.52. The van der Waals surface area contributed by atoms with Crippen molar-refractivity contribution in [2.24, 2.45) is 0 Å². The highest BCUT2D eigenvalue weighted by atomic mass is 32.2. The number of carboxylic acids is 1. The summed E-state index contributed by atoms with van der Waals surface area (Å²) in [5.41, 5.74) is 1.73. The lowest BCUT2D eigenvalue weighted by Crippen LogP contribution is -2.47. The Morgan fingerprint density at radius 2 is 2.25 bits per heavy atom. The van der Waals surface area contributed by atoms with Crippen LogP contribution < -0.4 is 5.32 Å². The van der Waals surface area contributed by atoms with E-state index in [-0.39, 0.29) is 11.4 Å². The smallest absolute Gasteiger partial charge is 0.327 e. The van der Waals surface area contributed by atoms with Crippen molar-refractivity contribution in [1.29, 1.82) is 0 Å². The van der Waals surface area contributed by atoms with Gasteiger partial charge in [-0.15, -0.1) is 11.8 Å². The van der Waals surface area contributed by atoms with Gasteiger partial charge in [0.15, 0.2) is 0 Å². The molecule has 1 aliphatic rings. The van der Waals surface area contributed by atoms with Gasteiger partial charge < -0.3 is 10.4 Å². The van der Waals surface area contributed by atoms with Crippen LogP contribution in [0.2, 0.25) is 0 Å². The lowest BCUT2D eigenvalue weighted by atomic mass is 10.2. The van der Waals surface area contributed by atoms with Gasteiger partial charge in [0.2, 0.25) is 0 Å². The quantitative estimate of drug-likeness (QED) is 0.899. The number of aryl methyl sites for hydroxylation is 1. The minimum Gasteiger partial charge on any atom is -0.480 e. The van der Waals surface area contributed by atoms with Gasteiger partial charge in [-0.3, -0.25) is 4.90 Å². The number of urea groups is 1. The molecule has 0 saturated carbocycles. The fourth-order valence-corrected chi connectivity index (χ4v) is 3.60. The Morgan fingerprint density at radius 3 is 2.85 bits per heavy atom. The second-order valence-corrected chi connectivity index (χ2v) is 5.97. The van der Waals surface area contributed by atoms with Crippen LogP contribution in [-0.4, -0.2) is 39.2 Å². The van der Waals surface area contributed by atoms with Crippen molar-refractivity contribution in [1.82, 2.24) is 4.90 Å². The molecule has 1 saturated heterocycles. The van der Waals surface area contributed by atoms with E-state index < -0.39 is 12.0 Å². The number of hydrogen-bond acceptors (Lipinski definition) is 3. The van der Waals surface area contributed by atoms with Crippen LogP contribution in [0.25, 0.3) is 0 Å². The Balaban J connectivity index is 2.15. The summed E-state index contributed by atoms with van der Waals surface area (Å²) >= 11 is 1.51. The molecule has 0 aromatic heterocycles. The molecule has 2 rings (SSSR count). The summed E-state index contributed by atoms with van der Waals surface area (Å²) in [7, 11) is 0. The fraction of sp³-hybridized carbons (Fsp3) is 0.429. The van der Waals surface area contributed by atoms with Gasteiger partial charge in [0.1, 0.15) is 6.04 Å². The third-order valence-electron chi connectivity index (χ3n) is 3.23. The predicted octanol–water partition coefficient (Wildman–Crippen LogP) is 2.77. The van der Waals surface area contributed by atoms with Crippen LogP contribution in [0.3, 0.4) is 0 Å². The first kappa shape index (κ1) is 14.7. The molecule has 2 unspecified atom stereocenters. The number of hydrogen-bond donors (Lipinski definition) is 2. The van der Waals surface area contributed by atoms with Crippen molar-refractivity contribution in [2.75, 3.05) is 11.1 Å². The molecule has 108 valence electrons. The fourth-order valence-electron chi connectivity index (χ4n) is 2.25. The molecule has 1 aliphatic heterocycles. The average molecular weight is 294 g/mol. The standard InChI is InChI=1S/C14H18N2O3S/c1-3-12-16(11(8-20-12)13(17)18)14(19)15-10-6-4-5-9(2)7-10/h4-7,11-12H,3,8H2,1-2H3,(H,15,19)(H,17,18). The third-order valence-corrected chi connectivity index (χ3v) is 4.68. The molecule has 2 atom stereocenters. The van der Waals surface area contributed by atoms with Crippen molar-refractivity contribution in [3.8, 4) is 0 Å². The van der Waals surface area contributed by atoms with Gasteiger partial charge in [-0.25, -0.2) is 9.59 Å². The summed E-state index contributed by atoms with van der Waals surface area (Å²) in [4.78, 5) is 25.0. The number of benzene rings is 1. The van der Waals surface area contributed by atoms with Crippen LogP contribution in [0.15, 0.2) is 24.3 Å². The Hall–Kier alpha value is -1.69. The molecule has 6 heteroatoms. The largest absolute Gasteiger partial charge is 0.480 e. The van der Waals surface area contributed by atoms with Crippen molar-refractivity contribution in [3.05, 3.63) is 29.8 Å². The second kappa shape index (κ2) is 6.17. The van der Waals surface area contributed by atoms with Gasteiger partial charge in [-0.05, 0) is 31.0 Å². The molecular formula is C14H18N2O3S. The van der Waals surface area contributed by atoms with E-state index in [2.05, 4.69) is 5.32 Å². The Labute approximate surface area is 122 Å². The van der Waals surface area contributed by atoms with Crippen LogP contribution in [0.1, 0.15) is 18.9 Å². The minimum atomic E-state index is -0.951. The van der Waals surface area contributed by atoms with E-state index in [4.69, 9.17) is 0 Å². The lowest BCUT2D eigenvalue weighted by Gasteiger charge is -2.26. The van der Waals surface area contributed by atoms with Crippen molar-refractivity contribution >= 4 is 29.4 Å². The van der Waals surface area contributed by atoms with E-state index in [1.54, 1.807) is 6.07 Å². The molecule has 1 aromatic rings. The summed E-state index contributed by atoms with van der Waals surface area (Å²) in [6.07, 6.45) is 0.732. The van der Waals surface area contributed by atoms with Gasteiger partial charge in [-0.1, -0.05) is 19.1 Å². The normalized spacial score (nSPS) is 21.8. The number of anilines is 1. The molecule has 2 amide bonds. The van der Waals surface area contributed by atoms with E-state index in [1.807, 2.05) is 32.0 Å². The number of thioether (sulfide) groups is 1. The Kier molecular flexibility index (Phi) is 4.54. The van der Waals surface area contributed by atoms with Crippen LogP contribution >= 0.6 is 11.8 Å². The number of carbonyl (C=O) groups excluding carboxylic acids is 1. The summed E-state index contributed by atoms with van der Waals surface area (Å²) in [5, 5.41) is 11.9. The van der Waals surface area contributed by atoms with E-state index in [9.17, 15) is 14.7 Å². The molecule has 0 bridgehead atoms. The molecule has 0 spiro atoms. The lowest BCUT2D eigenvalue weighted by molar-refractivity contribution is -0.141. The topological polar surface area (TPSA) is 69.6 Å². The van der Waals surface area contributed by atoms with E-state index in [1.165, 1.54) is 16.7 Å². The monoisotopic (exact) mass is 294 g/mol. The number of amides is 2. The highest BCUT2D eigenvalue weighted by molar-refractivity contribution is 8.00. The summed E-state index contributed by atoms with van der Waals surface area (Å²) in [5.74, 6) is -0.512. The molecule has 0 aliphatic carbocycles. The summed E-state index contributed by atoms with van der Waals surface area (Å²) in [6.45, 7) is 3.89. The maximum absolute atomic E-state index is 12.3. The maximum atomic E-state index is 12.3. The van der Waals surface area contributed by atoms with E-state index in [0.29, 0.717) is 11.4 Å². The maximum Gasteiger partial charge on any atom is 0.327 e. The van der Waals surface area contributed by atoms with Crippen LogP contribution in [0, 0.1) is 6.92 Å². The number of nitrogens with one attached hydrogen (secondary N) is 1. The Morgan fingerprint density at radius 1 is 1.50 bits per heavy atom. The van der Waals surface area contributed by atoms with Gasteiger partial charge >= 0.3 is 12.0 Å². The van der Waals surface area contributed by atoms with E-state index >= 15 is 0 Å². The summed E-state index contributed by atoms with van der Waals surface area (Å²) < 4.78 is 0. The first-order valence-electron chi connectivity index (χ1n) is 6.53. The highest BCUT2D eigenvalue weighted by Crippen LogP contribution is 2.31. The summed E-state index contributed by atoms with van der Waals surface area (Å²) in [6, 6.07) is 6.35. The molecule has 1 heterocycles. The molecule has 20 heavy (non-hydrogen) atoms. The average Bonchev–Trinajstić information content (AvgIpc) is 2.82. The van der Waals surface area contributed by atoms with Gasteiger partial charge in [0.05, 0.1) is 5.37 Å². The van der Waals surface area contributed by atoms with Crippen LogP contribution in [-0.2, 0) is 4.79 Å². The molecule has 2 N–H and O–H groups in total. The number of carbonyl (C=O) groups is 2. The van der Waals surface area contributed by atoms with E-state index in [0.717, 1.165) is 12.0 Å². The van der Waals surface area contributed by atoms with Crippen molar-refractivity contribution < 1.29 is 14.7 Å². The molecule has 5 nitrogen and oxygen atoms in total. The van der Waals surface area contributed by atoms with Gasteiger partial charge in [0, 0.05) is 11.4 Å². The van der Waals surface area contributed by atoms with Crippen LogP contribution in [0.4, 0.5) is 10.5 Å². The SMILES string of the molecule is CCC1SCC(C(=O)O)N1C(=O)Nc1cccc(C)c1. The Bertz CT molecular complexity index is 521. The number of rotatable bonds is 3. The zero-order valence-corrected chi connectivity index (χ0v) is 12.3. The predicted molar refractivity (Wildman–Crippen MR) is 80.0 cm³/mol. The zero-order valence-electron chi connectivity index (χ0n) is 11.5. The van der Waals surface area contributed by atoms with Crippen LogP contribution in [0.5, 0.6) is 0 Å². The molecule has 1 aromatic carbocycles. The number of carboxylic acid groups (broad SMARTS) is 1.